The van der Waals surface area contributed by atoms with Crippen LogP contribution in [0.1, 0.15) is 27.1 Å². The van der Waals surface area contributed by atoms with Gasteiger partial charge in [-0.25, -0.2) is 9.59 Å². The molecule has 1 atom stereocenters. The van der Waals surface area contributed by atoms with Gasteiger partial charge in [0.15, 0.2) is 0 Å². The quantitative estimate of drug-likeness (QED) is 0.722. The molecule has 6 nitrogen and oxygen atoms in total. The first-order chi connectivity index (χ1) is 8.88. The summed E-state index contributed by atoms with van der Waals surface area (Å²) in [7, 11) is 0. The lowest BCUT2D eigenvalue weighted by atomic mass is 10.1. The minimum atomic E-state index is -1.24. The van der Waals surface area contributed by atoms with Gasteiger partial charge in [0.25, 0.3) is 0 Å². The average molecular weight is 281 g/mol. The highest BCUT2D eigenvalue weighted by Crippen LogP contribution is 2.26. The normalized spacial score (nSPS) is 18.7. The van der Waals surface area contributed by atoms with E-state index in [4.69, 9.17) is 10.2 Å². The maximum Gasteiger partial charge on any atom is 0.335 e. The number of carboxylic acids is 2. The predicted molar refractivity (Wildman–Crippen MR) is 70.1 cm³/mol. The molecule has 0 bridgehead atoms. The number of hydrogen-bond acceptors (Lipinski definition) is 4. The fraction of sp³-hybridized carbons (Fsp3) is 0.250. The Kier molecular flexibility index (Phi) is 3.48. The molecule has 1 aliphatic rings. The Hall–Kier alpha value is -2.02. The van der Waals surface area contributed by atoms with Crippen molar-refractivity contribution in [1.82, 2.24) is 0 Å². The first-order valence-corrected chi connectivity index (χ1v) is 6.00. The molecule has 0 spiro atoms. The molecule has 1 unspecified atom stereocenters. The Morgan fingerprint density at radius 2 is 1.68 bits per heavy atom. The predicted octanol–water partition coefficient (Wildman–Crippen LogP) is 1.12. The van der Waals surface area contributed by atoms with Crippen LogP contribution in [0.25, 0.3) is 0 Å². The highest BCUT2D eigenvalue weighted by Gasteiger charge is 2.29. The lowest BCUT2D eigenvalue weighted by Gasteiger charge is -2.17. The van der Waals surface area contributed by atoms with Crippen LogP contribution in [0.3, 0.4) is 0 Å². The average Bonchev–Trinajstić information content (AvgIpc) is 2.67. The van der Waals surface area contributed by atoms with Crippen molar-refractivity contribution in [3.8, 4) is 0 Å². The van der Waals surface area contributed by atoms with Crippen molar-refractivity contribution in [3.05, 3.63) is 29.3 Å². The summed E-state index contributed by atoms with van der Waals surface area (Å²) in [6.07, 6.45) is 0.253. The second kappa shape index (κ2) is 4.93. The molecule has 1 saturated heterocycles. The zero-order valence-electron chi connectivity index (χ0n) is 9.74. The zero-order valence-corrected chi connectivity index (χ0v) is 10.6. The van der Waals surface area contributed by atoms with Crippen molar-refractivity contribution in [2.24, 2.45) is 0 Å². The zero-order chi connectivity index (χ0) is 14.2. The molecule has 1 aromatic carbocycles. The first kappa shape index (κ1) is 13.4. The van der Waals surface area contributed by atoms with E-state index in [1.807, 2.05) is 0 Å². The largest absolute Gasteiger partial charge is 0.478 e. The van der Waals surface area contributed by atoms with Crippen LogP contribution in [0.2, 0.25) is 0 Å². The number of carbonyl (C=O) groups is 3. The van der Waals surface area contributed by atoms with E-state index in [-0.39, 0.29) is 34.4 Å². The minimum absolute atomic E-state index is 0.130. The summed E-state index contributed by atoms with van der Waals surface area (Å²) in [5.74, 6) is -2.67. The molecule has 0 aromatic heterocycles. The van der Waals surface area contributed by atoms with Crippen molar-refractivity contribution in [2.45, 2.75) is 11.7 Å². The van der Waals surface area contributed by atoms with Gasteiger partial charge in [0.1, 0.15) is 0 Å². The van der Waals surface area contributed by atoms with Crippen LogP contribution in [-0.2, 0) is 4.79 Å². The van der Waals surface area contributed by atoms with Crippen LogP contribution in [0.5, 0.6) is 0 Å². The number of rotatable bonds is 3. The maximum absolute atomic E-state index is 11.7. The van der Waals surface area contributed by atoms with Crippen molar-refractivity contribution in [3.63, 3.8) is 0 Å². The highest BCUT2D eigenvalue weighted by molar-refractivity contribution is 7.81. The van der Waals surface area contributed by atoms with Crippen LogP contribution in [0.4, 0.5) is 5.69 Å². The molecule has 1 heterocycles. The van der Waals surface area contributed by atoms with Crippen LogP contribution < -0.4 is 4.90 Å². The Balaban J connectivity index is 2.48. The monoisotopic (exact) mass is 281 g/mol. The minimum Gasteiger partial charge on any atom is -0.478 e. The number of nitrogens with zero attached hydrogens (tertiary/aromatic N) is 1. The molecule has 1 aromatic rings. The summed E-state index contributed by atoms with van der Waals surface area (Å²) in [4.78, 5) is 35.0. The standard InChI is InChI=1S/C12H11NO5S/c14-10-4-9(19)5-13(10)8-2-6(11(15)16)1-7(3-8)12(17)18/h1-3,9,19H,4-5H2,(H,15,16)(H,17,18). The van der Waals surface area contributed by atoms with Crippen molar-refractivity contribution in [2.75, 3.05) is 11.4 Å². The third-order valence-corrected chi connectivity index (χ3v) is 3.17. The molecular formula is C12H11NO5S. The van der Waals surface area contributed by atoms with E-state index < -0.39 is 11.9 Å². The number of carbonyl (C=O) groups excluding carboxylic acids is 1. The second-order valence-electron chi connectivity index (χ2n) is 4.24. The second-order valence-corrected chi connectivity index (χ2v) is 4.97. The van der Waals surface area contributed by atoms with Gasteiger partial charge < -0.3 is 15.1 Å². The molecule has 7 heteroatoms. The van der Waals surface area contributed by atoms with E-state index in [0.29, 0.717) is 6.54 Å². The molecule has 0 saturated carbocycles. The van der Waals surface area contributed by atoms with Crippen LogP contribution in [-0.4, -0.2) is 39.9 Å². The van der Waals surface area contributed by atoms with Crippen LogP contribution >= 0.6 is 12.6 Å². The summed E-state index contributed by atoms with van der Waals surface area (Å²) < 4.78 is 0. The van der Waals surface area contributed by atoms with Gasteiger partial charge >= 0.3 is 11.9 Å². The number of hydrogen-bond donors (Lipinski definition) is 3. The van der Waals surface area contributed by atoms with Crippen molar-refractivity contribution in [1.29, 1.82) is 0 Å². The van der Waals surface area contributed by atoms with E-state index in [0.717, 1.165) is 6.07 Å². The van der Waals surface area contributed by atoms with Gasteiger partial charge in [0, 0.05) is 23.9 Å². The lowest BCUT2D eigenvalue weighted by molar-refractivity contribution is -0.117. The fourth-order valence-electron chi connectivity index (χ4n) is 1.95. The highest BCUT2D eigenvalue weighted by atomic mass is 32.1. The van der Waals surface area contributed by atoms with E-state index in [1.165, 1.54) is 17.0 Å². The van der Waals surface area contributed by atoms with E-state index >= 15 is 0 Å². The van der Waals surface area contributed by atoms with Gasteiger partial charge in [-0.05, 0) is 18.2 Å². The Labute approximate surface area is 114 Å². The Morgan fingerprint density at radius 3 is 2.05 bits per heavy atom. The first-order valence-electron chi connectivity index (χ1n) is 5.48. The smallest absolute Gasteiger partial charge is 0.335 e. The summed E-state index contributed by atoms with van der Waals surface area (Å²) >= 11 is 4.20. The molecule has 19 heavy (non-hydrogen) atoms. The summed E-state index contributed by atoms with van der Waals surface area (Å²) in [6.45, 7) is 0.337. The lowest BCUT2D eigenvalue weighted by Crippen LogP contribution is -2.25. The van der Waals surface area contributed by atoms with Crippen LogP contribution in [0.15, 0.2) is 18.2 Å². The number of anilines is 1. The summed E-state index contributed by atoms with van der Waals surface area (Å²) in [6, 6.07) is 3.64. The number of aromatic carboxylic acids is 2. The third-order valence-electron chi connectivity index (χ3n) is 2.83. The van der Waals surface area contributed by atoms with Gasteiger partial charge in [0.05, 0.1) is 11.1 Å². The number of benzene rings is 1. The molecule has 0 radical (unpaired) electrons. The number of thiol groups is 1. The molecule has 1 amide bonds. The molecule has 1 aliphatic heterocycles. The molecule has 0 aliphatic carbocycles. The maximum atomic E-state index is 11.7. The van der Waals surface area contributed by atoms with Gasteiger partial charge in [-0.15, -0.1) is 0 Å². The van der Waals surface area contributed by atoms with Gasteiger partial charge in [-0.1, -0.05) is 0 Å². The summed E-state index contributed by atoms with van der Waals surface area (Å²) in [5.41, 5.74) is -0.0468. The molecule has 100 valence electrons. The molecule has 1 fully saturated rings. The number of amides is 1. The van der Waals surface area contributed by atoms with E-state index in [1.54, 1.807) is 0 Å². The Bertz CT molecular complexity index is 539. The Morgan fingerprint density at radius 1 is 1.16 bits per heavy atom. The number of carboxylic acid groups (broad SMARTS) is 2. The van der Waals surface area contributed by atoms with Gasteiger partial charge in [0.2, 0.25) is 5.91 Å². The van der Waals surface area contributed by atoms with E-state index in [2.05, 4.69) is 12.6 Å². The summed E-state index contributed by atoms with van der Waals surface area (Å²) in [5, 5.41) is 17.8. The molecule has 2 rings (SSSR count). The van der Waals surface area contributed by atoms with Gasteiger partial charge in [-0.3, -0.25) is 4.79 Å². The molecular weight excluding hydrogens is 270 g/mol. The van der Waals surface area contributed by atoms with E-state index in [9.17, 15) is 14.4 Å². The molecule has 2 N–H and O–H groups in total. The van der Waals surface area contributed by atoms with Crippen LogP contribution in [0, 0.1) is 0 Å². The van der Waals surface area contributed by atoms with Crippen molar-refractivity contribution >= 4 is 36.2 Å². The fourth-order valence-corrected chi connectivity index (χ4v) is 2.27. The topological polar surface area (TPSA) is 94.9 Å². The third kappa shape index (κ3) is 2.70. The van der Waals surface area contributed by atoms with Crippen molar-refractivity contribution < 1.29 is 24.6 Å². The van der Waals surface area contributed by atoms with Gasteiger partial charge in [-0.2, -0.15) is 12.6 Å². The SMILES string of the molecule is O=C(O)c1cc(C(=O)O)cc(N2CC(S)CC2=O)c1.